The van der Waals surface area contributed by atoms with Crippen molar-refractivity contribution >= 4 is 23.3 Å². The number of Topliss-reactive ketones (excluding diaryl/α,β-unsaturated/α-hetero) is 1. The van der Waals surface area contributed by atoms with Crippen LogP contribution in [0.25, 0.3) is 0 Å². The Morgan fingerprint density at radius 2 is 1.69 bits per heavy atom. The first-order valence-electron chi connectivity index (χ1n) is 9.47. The van der Waals surface area contributed by atoms with E-state index in [0.29, 0.717) is 11.1 Å². The minimum absolute atomic E-state index is 0.0444. The van der Waals surface area contributed by atoms with Gasteiger partial charge in [0.2, 0.25) is 6.10 Å². The summed E-state index contributed by atoms with van der Waals surface area (Å²) >= 11 is 0. The van der Waals surface area contributed by atoms with Gasteiger partial charge in [-0.3, -0.25) is 9.59 Å². The average molecular weight is 444 g/mol. The molecule has 3 rings (SSSR count). The number of hydrogen-bond donors (Lipinski definition) is 1. The third kappa shape index (κ3) is 5.23. The third-order valence-corrected chi connectivity index (χ3v) is 4.64. The monoisotopic (exact) mass is 444 g/mol. The number of hydrogen-bond acceptors (Lipinski definition) is 4. The minimum Gasteiger partial charge on any atom is -0.443 e. The van der Waals surface area contributed by atoms with E-state index in [2.05, 4.69) is 5.32 Å². The maximum absolute atomic E-state index is 13.0. The first kappa shape index (κ1) is 22.8. The van der Waals surface area contributed by atoms with E-state index >= 15 is 0 Å². The number of esters is 1. The van der Waals surface area contributed by atoms with Crippen LogP contribution in [-0.2, 0) is 22.8 Å². The quantitative estimate of drug-likeness (QED) is 0.438. The number of carbonyl (C=O) groups excluding carboxylic acids is 3. The number of benzene rings is 2. The maximum Gasteiger partial charge on any atom is 0.416 e. The van der Waals surface area contributed by atoms with Crippen molar-refractivity contribution in [2.24, 2.45) is 7.05 Å². The van der Waals surface area contributed by atoms with Crippen LogP contribution >= 0.6 is 0 Å². The molecule has 1 atom stereocenters. The molecule has 0 bridgehead atoms. The molecule has 0 radical (unpaired) electrons. The van der Waals surface area contributed by atoms with Crippen molar-refractivity contribution in [2.45, 2.75) is 19.2 Å². The summed E-state index contributed by atoms with van der Waals surface area (Å²) in [4.78, 5) is 37.2. The van der Waals surface area contributed by atoms with Crippen LogP contribution in [0.3, 0.4) is 0 Å². The second kappa shape index (κ2) is 9.09. The number of nitrogens with zero attached hydrogens (tertiary/aromatic N) is 1. The molecule has 0 saturated heterocycles. The molecule has 0 unspecified atom stereocenters. The highest BCUT2D eigenvalue weighted by molar-refractivity contribution is 6.00. The maximum atomic E-state index is 13.0. The van der Waals surface area contributed by atoms with Gasteiger partial charge in [-0.25, -0.2) is 4.79 Å². The van der Waals surface area contributed by atoms with Gasteiger partial charge in [-0.1, -0.05) is 36.4 Å². The molecular weight excluding hydrogens is 425 g/mol. The lowest BCUT2D eigenvalue weighted by Gasteiger charge is -2.19. The Bertz CT molecular complexity index is 1150. The van der Waals surface area contributed by atoms with Gasteiger partial charge in [0.1, 0.15) is 5.69 Å². The Balaban J connectivity index is 1.88. The Kier molecular flexibility index (Phi) is 6.47. The molecular formula is C23H19F3N2O4. The third-order valence-electron chi connectivity index (χ3n) is 4.64. The molecule has 3 aromatic rings. The van der Waals surface area contributed by atoms with E-state index in [-0.39, 0.29) is 17.2 Å². The normalized spacial score (nSPS) is 12.2. The number of alkyl halides is 3. The fraction of sp³-hybridized carbons (Fsp3) is 0.174. The van der Waals surface area contributed by atoms with E-state index in [1.807, 2.05) is 0 Å². The highest BCUT2D eigenvalue weighted by Gasteiger charge is 2.31. The summed E-state index contributed by atoms with van der Waals surface area (Å²) in [5.41, 5.74) is -0.359. The number of aromatic nitrogens is 1. The molecule has 1 heterocycles. The van der Waals surface area contributed by atoms with Crippen molar-refractivity contribution in [2.75, 3.05) is 5.32 Å². The van der Waals surface area contributed by atoms with Crippen molar-refractivity contribution in [3.63, 3.8) is 0 Å². The van der Waals surface area contributed by atoms with Crippen molar-refractivity contribution in [1.82, 2.24) is 4.57 Å². The number of ketones is 1. The largest absolute Gasteiger partial charge is 0.443 e. The Hall–Kier alpha value is -3.88. The van der Waals surface area contributed by atoms with E-state index in [1.165, 1.54) is 29.8 Å². The molecule has 0 spiro atoms. The summed E-state index contributed by atoms with van der Waals surface area (Å²) in [5.74, 6) is -1.94. The van der Waals surface area contributed by atoms with Crippen LogP contribution in [0.1, 0.15) is 45.0 Å². The molecule has 0 saturated carbocycles. The van der Waals surface area contributed by atoms with Gasteiger partial charge in [0.25, 0.3) is 5.91 Å². The molecule has 1 amide bonds. The number of rotatable bonds is 6. The average Bonchev–Trinajstić information content (AvgIpc) is 3.14. The molecule has 1 N–H and O–H groups in total. The standard InChI is InChI=1S/C23H19F3N2O4/c1-14(29)16-11-19(28(2)13-16)22(31)32-20(15-7-4-3-5-8-15)21(30)27-18-10-6-9-17(12-18)23(24,25)26/h3-13,20H,1-2H3,(H,27,30)/t20-/m1/s1. The molecule has 0 aliphatic carbocycles. The molecule has 32 heavy (non-hydrogen) atoms. The number of anilines is 1. The SMILES string of the molecule is CC(=O)c1cc(C(=O)O[C@@H](C(=O)Nc2cccc(C(F)(F)F)c2)c2ccccc2)n(C)c1. The molecule has 9 heteroatoms. The van der Waals surface area contributed by atoms with Crippen molar-refractivity contribution in [3.8, 4) is 0 Å². The molecule has 0 aliphatic rings. The smallest absolute Gasteiger partial charge is 0.416 e. The zero-order chi connectivity index (χ0) is 23.5. The van der Waals surface area contributed by atoms with Crippen molar-refractivity contribution < 1.29 is 32.3 Å². The van der Waals surface area contributed by atoms with Crippen LogP contribution in [0.4, 0.5) is 18.9 Å². The Labute approximate surface area is 181 Å². The molecule has 2 aromatic carbocycles. The lowest BCUT2D eigenvalue weighted by atomic mass is 10.1. The fourth-order valence-corrected chi connectivity index (χ4v) is 3.01. The van der Waals surface area contributed by atoms with Crippen LogP contribution < -0.4 is 5.32 Å². The number of halogens is 3. The van der Waals surface area contributed by atoms with Gasteiger partial charge in [-0.05, 0) is 31.2 Å². The zero-order valence-electron chi connectivity index (χ0n) is 17.1. The predicted octanol–water partition coefficient (Wildman–Crippen LogP) is 4.78. The second-order valence-corrected chi connectivity index (χ2v) is 7.04. The zero-order valence-corrected chi connectivity index (χ0v) is 17.1. The second-order valence-electron chi connectivity index (χ2n) is 7.04. The van der Waals surface area contributed by atoms with Gasteiger partial charge >= 0.3 is 12.1 Å². The highest BCUT2D eigenvalue weighted by atomic mass is 19.4. The van der Waals surface area contributed by atoms with E-state index < -0.39 is 29.7 Å². The predicted molar refractivity (Wildman–Crippen MR) is 110 cm³/mol. The summed E-state index contributed by atoms with van der Waals surface area (Å²) < 4.78 is 45.7. The van der Waals surface area contributed by atoms with Crippen LogP contribution in [-0.4, -0.2) is 22.2 Å². The summed E-state index contributed by atoms with van der Waals surface area (Å²) in [7, 11) is 1.54. The van der Waals surface area contributed by atoms with Gasteiger partial charge in [0.15, 0.2) is 5.78 Å². The minimum atomic E-state index is -4.58. The molecule has 0 fully saturated rings. The van der Waals surface area contributed by atoms with E-state index in [1.54, 1.807) is 37.4 Å². The number of aryl methyl sites for hydroxylation is 1. The van der Waals surface area contributed by atoms with Gasteiger partial charge in [0, 0.05) is 30.1 Å². The van der Waals surface area contributed by atoms with Crippen LogP contribution in [0, 0.1) is 0 Å². The lowest BCUT2D eigenvalue weighted by molar-refractivity contribution is -0.137. The Morgan fingerprint density at radius 1 is 1.00 bits per heavy atom. The topological polar surface area (TPSA) is 77.4 Å². The van der Waals surface area contributed by atoms with Crippen LogP contribution in [0.2, 0.25) is 0 Å². The summed E-state index contributed by atoms with van der Waals surface area (Å²) in [6.07, 6.45) is -4.56. The van der Waals surface area contributed by atoms with Crippen LogP contribution in [0.5, 0.6) is 0 Å². The van der Waals surface area contributed by atoms with E-state index in [4.69, 9.17) is 4.74 Å². The summed E-state index contributed by atoms with van der Waals surface area (Å²) in [6.45, 7) is 1.35. The fourth-order valence-electron chi connectivity index (χ4n) is 3.01. The Morgan fingerprint density at radius 3 is 2.28 bits per heavy atom. The highest BCUT2D eigenvalue weighted by Crippen LogP contribution is 2.31. The van der Waals surface area contributed by atoms with Gasteiger partial charge in [0.05, 0.1) is 5.56 Å². The van der Waals surface area contributed by atoms with Crippen LogP contribution in [0.15, 0.2) is 66.9 Å². The first-order chi connectivity index (χ1) is 15.1. The molecule has 1 aromatic heterocycles. The number of ether oxygens (including phenoxy) is 1. The van der Waals surface area contributed by atoms with Crippen molar-refractivity contribution in [3.05, 3.63) is 89.2 Å². The lowest BCUT2D eigenvalue weighted by Crippen LogP contribution is -2.26. The number of carbonyl (C=O) groups is 3. The molecule has 0 aliphatic heterocycles. The van der Waals surface area contributed by atoms with E-state index in [0.717, 1.165) is 18.2 Å². The summed E-state index contributed by atoms with van der Waals surface area (Å²) in [6, 6.07) is 13.5. The first-order valence-corrected chi connectivity index (χ1v) is 9.47. The molecule has 166 valence electrons. The number of nitrogens with one attached hydrogen (secondary N) is 1. The van der Waals surface area contributed by atoms with Gasteiger partial charge < -0.3 is 14.6 Å². The molecule has 6 nitrogen and oxygen atoms in total. The summed E-state index contributed by atoms with van der Waals surface area (Å²) in [5, 5.41) is 2.37. The van der Waals surface area contributed by atoms with Crippen molar-refractivity contribution in [1.29, 1.82) is 0 Å². The number of amides is 1. The van der Waals surface area contributed by atoms with Gasteiger partial charge in [-0.15, -0.1) is 0 Å². The van der Waals surface area contributed by atoms with Gasteiger partial charge in [-0.2, -0.15) is 13.2 Å². The van der Waals surface area contributed by atoms with E-state index in [9.17, 15) is 27.6 Å².